The third-order valence-electron chi connectivity index (χ3n) is 4.16. The fourth-order valence-electron chi connectivity index (χ4n) is 3.30. The first-order valence-electron chi connectivity index (χ1n) is 6.03. The first-order valence-corrected chi connectivity index (χ1v) is 6.03. The number of H-pyrrole nitrogens is 1. The van der Waals surface area contributed by atoms with E-state index in [4.69, 9.17) is 0 Å². The Labute approximate surface area is 100.0 Å². The number of nitrogens with one attached hydrogen (secondary N) is 1. The van der Waals surface area contributed by atoms with Gasteiger partial charge in [0, 0.05) is 11.7 Å². The van der Waals surface area contributed by atoms with E-state index in [1.54, 1.807) is 18.0 Å². The van der Waals surface area contributed by atoms with Gasteiger partial charge in [0.2, 0.25) is 0 Å². The minimum atomic E-state index is -0.232. The lowest BCUT2D eigenvalue weighted by Crippen LogP contribution is -2.55. The Morgan fingerprint density at radius 3 is 3.06 bits per heavy atom. The standard InChI is InChI=1S/C13H16N2O2/c1-8(16)10-3-5-13(2)7-9-4-6-14-11(9)12(17)15(10)13/h4,6,10,14H,3,5,7H2,1-2H3. The summed E-state index contributed by atoms with van der Waals surface area (Å²) in [4.78, 5) is 28.9. The molecule has 1 amide bonds. The summed E-state index contributed by atoms with van der Waals surface area (Å²) < 4.78 is 0. The van der Waals surface area contributed by atoms with E-state index < -0.39 is 0 Å². The zero-order chi connectivity index (χ0) is 12.2. The van der Waals surface area contributed by atoms with Crippen LogP contribution in [0.3, 0.4) is 0 Å². The van der Waals surface area contributed by atoms with E-state index in [9.17, 15) is 9.59 Å². The number of hydrogen-bond acceptors (Lipinski definition) is 2. The first-order chi connectivity index (χ1) is 8.03. The number of amides is 1. The molecule has 1 aromatic heterocycles. The average molecular weight is 232 g/mol. The lowest BCUT2D eigenvalue weighted by Gasteiger charge is -2.41. The van der Waals surface area contributed by atoms with Gasteiger partial charge >= 0.3 is 0 Å². The Hall–Kier alpha value is -1.58. The molecule has 1 fully saturated rings. The van der Waals surface area contributed by atoms with Crippen LogP contribution >= 0.6 is 0 Å². The van der Waals surface area contributed by atoms with Crippen LogP contribution in [0.15, 0.2) is 12.3 Å². The van der Waals surface area contributed by atoms with Gasteiger partial charge in [0.15, 0.2) is 5.78 Å². The maximum atomic E-state index is 12.4. The second-order valence-corrected chi connectivity index (χ2v) is 5.39. The predicted octanol–water partition coefficient (Wildman–Crippen LogP) is 1.52. The topological polar surface area (TPSA) is 53.2 Å². The zero-order valence-corrected chi connectivity index (χ0v) is 10.1. The van der Waals surface area contributed by atoms with Crippen molar-refractivity contribution in [2.45, 2.75) is 44.7 Å². The predicted molar refractivity (Wildman–Crippen MR) is 62.8 cm³/mol. The van der Waals surface area contributed by atoms with Crippen molar-refractivity contribution >= 4 is 11.7 Å². The molecular formula is C13H16N2O2. The largest absolute Gasteiger partial charge is 0.357 e. The zero-order valence-electron chi connectivity index (χ0n) is 10.1. The minimum Gasteiger partial charge on any atom is -0.357 e. The van der Waals surface area contributed by atoms with Gasteiger partial charge in [-0.3, -0.25) is 9.59 Å². The highest BCUT2D eigenvalue weighted by Crippen LogP contribution is 2.41. The van der Waals surface area contributed by atoms with Gasteiger partial charge in [-0.05, 0) is 44.7 Å². The molecule has 2 unspecified atom stereocenters. The quantitative estimate of drug-likeness (QED) is 0.798. The number of Topliss-reactive ketones (excluding diaryl/α,β-unsaturated/α-hetero) is 1. The summed E-state index contributed by atoms with van der Waals surface area (Å²) in [5.41, 5.74) is 1.57. The van der Waals surface area contributed by atoms with Gasteiger partial charge in [0.25, 0.3) is 5.91 Å². The van der Waals surface area contributed by atoms with E-state index in [0.717, 1.165) is 24.8 Å². The van der Waals surface area contributed by atoms with Crippen LogP contribution in [0.25, 0.3) is 0 Å². The minimum absolute atomic E-state index is 0.0172. The Bertz CT molecular complexity index is 505. The molecule has 0 saturated carbocycles. The number of hydrogen-bond donors (Lipinski definition) is 1. The summed E-state index contributed by atoms with van der Waals surface area (Å²) in [5, 5.41) is 0. The first kappa shape index (κ1) is 10.6. The van der Waals surface area contributed by atoms with Crippen molar-refractivity contribution < 1.29 is 9.59 Å². The third kappa shape index (κ3) is 1.30. The van der Waals surface area contributed by atoms with E-state index in [1.165, 1.54) is 0 Å². The number of aromatic nitrogens is 1. The molecule has 0 aliphatic carbocycles. The fraction of sp³-hybridized carbons (Fsp3) is 0.538. The van der Waals surface area contributed by atoms with Gasteiger partial charge in [-0.1, -0.05) is 0 Å². The van der Waals surface area contributed by atoms with Crippen molar-refractivity contribution in [3.8, 4) is 0 Å². The molecule has 2 aliphatic rings. The van der Waals surface area contributed by atoms with E-state index in [2.05, 4.69) is 11.9 Å². The molecular weight excluding hydrogens is 216 g/mol. The molecule has 0 aromatic carbocycles. The van der Waals surface area contributed by atoms with Crippen LogP contribution in [0.5, 0.6) is 0 Å². The Kier molecular flexibility index (Phi) is 2.00. The van der Waals surface area contributed by atoms with Gasteiger partial charge in [0.1, 0.15) is 5.69 Å². The van der Waals surface area contributed by atoms with E-state index >= 15 is 0 Å². The van der Waals surface area contributed by atoms with Crippen LogP contribution < -0.4 is 0 Å². The van der Waals surface area contributed by atoms with Crippen LogP contribution in [0.4, 0.5) is 0 Å². The van der Waals surface area contributed by atoms with Crippen LogP contribution in [-0.4, -0.2) is 33.2 Å². The molecule has 90 valence electrons. The van der Waals surface area contributed by atoms with E-state index in [-0.39, 0.29) is 23.3 Å². The molecule has 2 aliphatic heterocycles. The Morgan fingerprint density at radius 1 is 1.59 bits per heavy atom. The van der Waals surface area contributed by atoms with E-state index in [0.29, 0.717) is 5.69 Å². The molecule has 4 heteroatoms. The van der Waals surface area contributed by atoms with Gasteiger partial charge in [-0.2, -0.15) is 0 Å². The fourth-order valence-corrected chi connectivity index (χ4v) is 3.30. The van der Waals surface area contributed by atoms with Gasteiger partial charge in [-0.15, -0.1) is 0 Å². The van der Waals surface area contributed by atoms with Crippen molar-refractivity contribution in [2.75, 3.05) is 0 Å². The molecule has 3 heterocycles. The number of aromatic amines is 1. The molecule has 0 bridgehead atoms. The van der Waals surface area contributed by atoms with Crippen molar-refractivity contribution in [1.82, 2.24) is 9.88 Å². The second-order valence-electron chi connectivity index (χ2n) is 5.39. The number of rotatable bonds is 1. The second kappa shape index (κ2) is 3.22. The van der Waals surface area contributed by atoms with Crippen molar-refractivity contribution in [1.29, 1.82) is 0 Å². The number of carbonyl (C=O) groups excluding carboxylic acids is 2. The maximum Gasteiger partial charge on any atom is 0.271 e. The van der Waals surface area contributed by atoms with Crippen LogP contribution in [0, 0.1) is 0 Å². The summed E-state index contributed by atoms with van der Waals surface area (Å²) >= 11 is 0. The molecule has 0 radical (unpaired) electrons. The highest BCUT2D eigenvalue weighted by atomic mass is 16.2. The van der Waals surface area contributed by atoms with Gasteiger partial charge in [0.05, 0.1) is 6.04 Å². The van der Waals surface area contributed by atoms with Gasteiger partial charge < -0.3 is 9.88 Å². The summed E-state index contributed by atoms with van der Waals surface area (Å²) in [6.45, 7) is 3.66. The Balaban J connectivity index is 2.08. The summed E-state index contributed by atoms with van der Waals surface area (Å²) in [6.07, 6.45) is 4.35. The maximum absolute atomic E-state index is 12.4. The van der Waals surface area contributed by atoms with Crippen molar-refractivity contribution in [3.63, 3.8) is 0 Å². The molecule has 1 N–H and O–H groups in total. The van der Waals surface area contributed by atoms with Crippen LogP contribution in [0.1, 0.15) is 42.7 Å². The summed E-state index contributed by atoms with van der Waals surface area (Å²) in [6, 6.07) is 1.74. The lowest BCUT2D eigenvalue weighted by atomic mass is 9.87. The average Bonchev–Trinajstić information content (AvgIpc) is 2.81. The van der Waals surface area contributed by atoms with Crippen LogP contribution in [0.2, 0.25) is 0 Å². The van der Waals surface area contributed by atoms with E-state index in [1.807, 2.05) is 6.07 Å². The number of ketones is 1. The number of nitrogens with zero attached hydrogens (tertiary/aromatic N) is 1. The lowest BCUT2D eigenvalue weighted by molar-refractivity contribution is -0.121. The summed E-state index contributed by atoms with van der Waals surface area (Å²) in [5.74, 6) is 0.0773. The SMILES string of the molecule is CC(=O)C1CCC2(C)Cc3cc[nH]c3C(=O)N12. The monoisotopic (exact) mass is 232 g/mol. The van der Waals surface area contributed by atoms with Crippen molar-refractivity contribution in [3.05, 3.63) is 23.5 Å². The Morgan fingerprint density at radius 2 is 2.35 bits per heavy atom. The molecule has 0 spiro atoms. The molecule has 17 heavy (non-hydrogen) atoms. The smallest absolute Gasteiger partial charge is 0.271 e. The number of carbonyl (C=O) groups is 2. The number of fused-ring (bicyclic) bond motifs is 2. The molecule has 4 nitrogen and oxygen atoms in total. The highest BCUT2D eigenvalue weighted by Gasteiger charge is 2.50. The van der Waals surface area contributed by atoms with Crippen LogP contribution in [-0.2, 0) is 11.2 Å². The third-order valence-corrected chi connectivity index (χ3v) is 4.16. The molecule has 2 atom stereocenters. The van der Waals surface area contributed by atoms with Crippen molar-refractivity contribution in [2.24, 2.45) is 0 Å². The highest BCUT2D eigenvalue weighted by molar-refractivity contribution is 5.99. The summed E-state index contributed by atoms with van der Waals surface area (Å²) in [7, 11) is 0. The normalized spacial score (nSPS) is 31.3. The molecule has 1 saturated heterocycles. The molecule has 1 aromatic rings. The molecule has 3 rings (SSSR count). The van der Waals surface area contributed by atoms with Gasteiger partial charge in [-0.25, -0.2) is 0 Å².